The molecule has 0 aliphatic heterocycles. The van der Waals surface area contributed by atoms with E-state index < -0.39 is 5.97 Å². The largest absolute Gasteiger partial charge is 0.481 e. The first-order chi connectivity index (χ1) is 7.08. The summed E-state index contributed by atoms with van der Waals surface area (Å²) in [5.41, 5.74) is 2.63. The van der Waals surface area contributed by atoms with Gasteiger partial charge in [-0.05, 0) is 25.5 Å². The van der Waals surface area contributed by atoms with Crippen LogP contribution in [0.15, 0.2) is 18.3 Å². The van der Waals surface area contributed by atoms with Crippen molar-refractivity contribution >= 4 is 11.5 Å². The number of carboxylic acids is 1. The Morgan fingerprint density at radius 1 is 1.47 bits per heavy atom. The molecule has 1 N–H and O–H groups in total. The van der Waals surface area contributed by atoms with E-state index in [1.54, 1.807) is 0 Å². The topological polar surface area (TPSA) is 54.6 Å². The van der Waals surface area contributed by atoms with E-state index in [1.165, 1.54) is 0 Å². The second kappa shape index (κ2) is 3.38. The minimum absolute atomic E-state index is 0.0274. The number of imidazole rings is 1. The van der Waals surface area contributed by atoms with E-state index in [-0.39, 0.29) is 6.42 Å². The highest BCUT2D eigenvalue weighted by Crippen LogP contribution is 2.14. The summed E-state index contributed by atoms with van der Waals surface area (Å²) in [5, 5.41) is 8.74. The van der Waals surface area contributed by atoms with Crippen molar-refractivity contribution in [1.29, 1.82) is 0 Å². The molecule has 2 aromatic heterocycles. The fraction of sp³-hybridized carbons (Fsp3) is 0.273. The molecule has 2 rings (SSSR count). The van der Waals surface area contributed by atoms with E-state index in [4.69, 9.17) is 5.11 Å². The number of aromatic nitrogens is 2. The van der Waals surface area contributed by atoms with Crippen molar-refractivity contribution in [2.24, 2.45) is 0 Å². The number of carbonyl (C=O) groups is 1. The van der Waals surface area contributed by atoms with Gasteiger partial charge in [-0.15, -0.1) is 0 Å². The van der Waals surface area contributed by atoms with Gasteiger partial charge < -0.3 is 9.51 Å². The highest BCUT2D eigenvalue weighted by molar-refractivity contribution is 5.73. The molecule has 0 atom stereocenters. The molecule has 0 saturated carbocycles. The molecule has 2 heterocycles. The summed E-state index contributed by atoms with van der Waals surface area (Å²) >= 11 is 0. The van der Waals surface area contributed by atoms with Gasteiger partial charge in [0.2, 0.25) is 0 Å². The van der Waals surface area contributed by atoms with Gasteiger partial charge in [0.15, 0.2) is 0 Å². The van der Waals surface area contributed by atoms with Crippen molar-refractivity contribution in [3.8, 4) is 0 Å². The lowest BCUT2D eigenvalue weighted by Crippen LogP contribution is -2.00. The zero-order valence-corrected chi connectivity index (χ0v) is 8.69. The molecule has 0 fully saturated rings. The second-order valence-corrected chi connectivity index (χ2v) is 3.64. The number of aryl methyl sites for hydroxylation is 2. The monoisotopic (exact) mass is 204 g/mol. The van der Waals surface area contributed by atoms with Crippen LogP contribution in [-0.2, 0) is 11.2 Å². The van der Waals surface area contributed by atoms with Gasteiger partial charge >= 0.3 is 5.97 Å². The second-order valence-electron chi connectivity index (χ2n) is 3.64. The molecule has 0 unspecified atom stereocenters. The zero-order valence-electron chi connectivity index (χ0n) is 8.69. The van der Waals surface area contributed by atoms with Crippen molar-refractivity contribution in [2.75, 3.05) is 0 Å². The SMILES string of the molecule is Cc1ccc2c(CC(=O)O)nc(C)n2c1. The number of aliphatic carboxylic acids is 1. The first kappa shape index (κ1) is 9.71. The lowest BCUT2D eigenvalue weighted by molar-refractivity contribution is -0.136. The smallest absolute Gasteiger partial charge is 0.309 e. The predicted octanol–water partition coefficient (Wildman–Crippen LogP) is 1.58. The molecule has 4 heteroatoms. The van der Waals surface area contributed by atoms with Crippen molar-refractivity contribution in [3.63, 3.8) is 0 Å². The maximum Gasteiger partial charge on any atom is 0.309 e. The van der Waals surface area contributed by atoms with E-state index >= 15 is 0 Å². The highest BCUT2D eigenvalue weighted by atomic mass is 16.4. The zero-order chi connectivity index (χ0) is 11.0. The number of fused-ring (bicyclic) bond motifs is 1. The Balaban J connectivity index is 2.62. The van der Waals surface area contributed by atoms with Crippen LogP contribution in [0.4, 0.5) is 0 Å². The van der Waals surface area contributed by atoms with Crippen LogP contribution in [0.2, 0.25) is 0 Å². The summed E-state index contributed by atoms with van der Waals surface area (Å²) in [4.78, 5) is 14.9. The Bertz CT molecular complexity index is 529. The molecule has 0 amide bonds. The van der Waals surface area contributed by atoms with Gasteiger partial charge in [-0.1, -0.05) is 6.07 Å². The first-order valence-corrected chi connectivity index (χ1v) is 4.74. The Hall–Kier alpha value is -1.84. The Morgan fingerprint density at radius 3 is 2.87 bits per heavy atom. The number of hydrogen-bond donors (Lipinski definition) is 1. The minimum Gasteiger partial charge on any atom is -0.481 e. The van der Waals surface area contributed by atoms with Gasteiger partial charge in [0.1, 0.15) is 5.82 Å². The van der Waals surface area contributed by atoms with E-state index in [1.807, 2.05) is 36.6 Å². The Labute approximate surface area is 87.2 Å². The quantitative estimate of drug-likeness (QED) is 0.808. The molecular formula is C11H12N2O2. The van der Waals surface area contributed by atoms with Crippen molar-refractivity contribution in [2.45, 2.75) is 20.3 Å². The van der Waals surface area contributed by atoms with Crippen LogP contribution in [-0.4, -0.2) is 20.5 Å². The first-order valence-electron chi connectivity index (χ1n) is 4.74. The van der Waals surface area contributed by atoms with E-state index in [0.29, 0.717) is 5.69 Å². The van der Waals surface area contributed by atoms with E-state index in [2.05, 4.69) is 4.98 Å². The summed E-state index contributed by atoms with van der Waals surface area (Å²) in [6.07, 6.45) is 1.93. The molecule has 0 spiro atoms. The standard InChI is InChI=1S/C11H12N2O2/c1-7-3-4-10-9(5-11(14)15)12-8(2)13(10)6-7/h3-4,6H,5H2,1-2H3,(H,14,15). The summed E-state index contributed by atoms with van der Waals surface area (Å²) < 4.78 is 1.92. The molecule has 78 valence electrons. The van der Waals surface area contributed by atoms with Gasteiger partial charge in [0.25, 0.3) is 0 Å². The third-order valence-electron chi connectivity index (χ3n) is 2.36. The summed E-state index contributed by atoms with van der Waals surface area (Å²) in [6.45, 7) is 3.87. The maximum atomic E-state index is 10.6. The van der Waals surface area contributed by atoms with E-state index in [9.17, 15) is 4.79 Å². The molecule has 0 bridgehead atoms. The van der Waals surface area contributed by atoms with Crippen LogP contribution in [0.1, 0.15) is 17.1 Å². The molecule has 15 heavy (non-hydrogen) atoms. The average Bonchev–Trinajstić information content (AvgIpc) is 2.42. The molecule has 0 aromatic carbocycles. The van der Waals surface area contributed by atoms with Crippen molar-refractivity contribution in [3.05, 3.63) is 35.4 Å². The number of hydrogen-bond acceptors (Lipinski definition) is 2. The third kappa shape index (κ3) is 1.70. The molecule has 4 nitrogen and oxygen atoms in total. The lowest BCUT2D eigenvalue weighted by atomic mass is 10.2. The third-order valence-corrected chi connectivity index (χ3v) is 2.36. The maximum absolute atomic E-state index is 10.6. The van der Waals surface area contributed by atoms with Gasteiger partial charge in [-0.3, -0.25) is 4.79 Å². The van der Waals surface area contributed by atoms with Gasteiger partial charge in [0, 0.05) is 6.20 Å². The summed E-state index contributed by atoms with van der Waals surface area (Å²) in [6, 6.07) is 3.87. The van der Waals surface area contributed by atoms with Crippen molar-refractivity contribution < 1.29 is 9.90 Å². The number of nitrogens with zero attached hydrogens (tertiary/aromatic N) is 2. The van der Waals surface area contributed by atoms with Crippen LogP contribution in [0.25, 0.3) is 5.52 Å². The highest BCUT2D eigenvalue weighted by Gasteiger charge is 2.10. The molecule has 0 saturated heterocycles. The molecule has 0 aliphatic rings. The summed E-state index contributed by atoms with van der Waals surface area (Å²) in [7, 11) is 0. The van der Waals surface area contributed by atoms with Gasteiger partial charge in [0.05, 0.1) is 17.6 Å². The van der Waals surface area contributed by atoms with Crippen LogP contribution in [0.5, 0.6) is 0 Å². The molecular weight excluding hydrogens is 192 g/mol. The number of carboxylic acid groups (broad SMARTS) is 1. The number of rotatable bonds is 2. The van der Waals surface area contributed by atoms with Crippen LogP contribution in [0, 0.1) is 13.8 Å². The predicted molar refractivity (Wildman–Crippen MR) is 56.0 cm³/mol. The average molecular weight is 204 g/mol. The fourth-order valence-electron chi connectivity index (χ4n) is 1.69. The normalized spacial score (nSPS) is 10.8. The molecule has 0 radical (unpaired) electrons. The lowest BCUT2D eigenvalue weighted by Gasteiger charge is -1.98. The van der Waals surface area contributed by atoms with Crippen LogP contribution < -0.4 is 0 Å². The van der Waals surface area contributed by atoms with Crippen LogP contribution in [0.3, 0.4) is 0 Å². The molecule has 2 aromatic rings. The Kier molecular flexibility index (Phi) is 2.19. The van der Waals surface area contributed by atoms with E-state index in [0.717, 1.165) is 16.9 Å². The van der Waals surface area contributed by atoms with Crippen LogP contribution >= 0.6 is 0 Å². The van der Waals surface area contributed by atoms with Gasteiger partial charge in [-0.25, -0.2) is 4.98 Å². The molecule has 0 aliphatic carbocycles. The fourth-order valence-corrected chi connectivity index (χ4v) is 1.69. The van der Waals surface area contributed by atoms with Crippen molar-refractivity contribution in [1.82, 2.24) is 9.38 Å². The Morgan fingerprint density at radius 2 is 2.20 bits per heavy atom. The minimum atomic E-state index is -0.851. The van der Waals surface area contributed by atoms with Gasteiger partial charge in [-0.2, -0.15) is 0 Å². The number of pyridine rings is 1. The summed E-state index contributed by atoms with van der Waals surface area (Å²) in [5.74, 6) is -0.0273.